The molecule has 0 radical (unpaired) electrons. The van der Waals surface area contributed by atoms with E-state index in [-0.39, 0.29) is 0 Å². The third-order valence-electron chi connectivity index (χ3n) is 3.27. The Labute approximate surface area is 121 Å². The summed E-state index contributed by atoms with van der Waals surface area (Å²) in [5.74, 6) is 1.72. The quantitative estimate of drug-likeness (QED) is 0.844. The fourth-order valence-electron chi connectivity index (χ4n) is 2.22. The largest absolute Gasteiger partial charge is 0.330 e. The molecule has 0 amide bonds. The molecule has 1 N–H and O–H groups in total. The summed E-state index contributed by atoms with van der Waals surface area (Å²) in [6.07, 6.45) is 7.73. The number of hydrogen-bond acceptors (Lipinski definition) is 3. The van der Waals surface area contributed by atoms with Gasteiger partial charge in [0, 0.05) is 24.6 Å². The molecule has 20 heavy (non-hydrogen) atoms. The van der Waals surface area contributed by atoms with Gasteiger partial charge in [-0.1, -0.05) is 13.8 Å². The molecule has 0 aromatic carbocycles. The van der Waals surface area contributed by atoms with Gasteiger partial charge in [0.15, 0.2) is 0 Å². The van der Waals surface area contributed by atoms with Gasteiger partial charge >= 0.3 is 0 Å². The Hall–Kier alpha value is -1.62. The zero-order chi connectivity index (χ0) is 14.5. The number of nitrogens with one attached hydrogen (secondary N) is 1. The zero-order valence-electron chi connectivity index (χ0n) is 12.9. The second-order valence-electron chi connectivity index (χ2n) is 5.88. The first kappa shape index (κ1) is 14.8. The minimum absolute atomic E-state index is 0.429. The summed E-state index contributed by atoms with van der Waals surface area (Å²) in [6.45, 7) is 11.4. The van der Waals surface area contributed by atoms with Crippen LogP contribution in [-0.4, -0.2) is 25.6 Å². The highest BCUT2D eigenvalue weighted by Crippen LogP contribution is 2.11. The Bertz CT molecular complexity index is 524. The molecule has 5 nitrogen and oxygen atoms in total. The Kier molecular flexibility index (Phi) is 4.95. The molecule has 0 aliphatic carbocycles. The van der Waals surface area contributed by atoms with E-state index >= 15 is 0 Å². The molecule has 2 aromatic heterocycles. The van der Waals surface area contributed by atoms with Gasteiger partial charge in [-0.05, 0) is 26.3 Å². The molecule has 0 saturated heterocycles. The van der Waals surface area contributed by atoms with E-state index in [1.54, 1.807) is 0 Å². The molecule has 0 bridgehead atoms. The lowest BCUT2D eigenvalue weighted by molar-refractivity contribution is 0.523. The van der Waals surface area contributed by atoms with Crippen molar-refractivity contribution in [2.45, 2.75) is 46.8 Å². The van der Waals surface area contributed by atoms with Crippen LogP contribution in [0.25, 0.3) is 0 Å². The van der Waals surface area contributed by atoms with Crippen molar-refractivity contribution in [2.24, 2.45) is 5.92 Å². The molecule has 0 atom stereocenters. The smallest absolute Gasteiger partial charge is 0.123 e. The number of imidazole rings is 2. The van der Waals surface area contributed by atoms with E-state index in [1.807, 2.05) is 24.9 Å². The predicted molar refractivity (Wildman–Crippen MR) is 80.5 cm³/mol. The van der Waals surface area contributed by atoms with Gasteiger partial charge in [-0.3, -0.25) is 0 Å². The van der Waals surface area contributed by atoms with E-state index in [4.69, 9.17) is 0 Å². The first-order chi connectivity index (χ1) is 9.58. The van der Waals surface area contributed by atoms with Crippen LogP contribution in [0.1, 0.15) is 45.3 Å². The number of nitrogens with zero attached hydrogens (tertiary/aromatic N) is 4. The van der Waals surface area contributed by atoms with Gasteiger partial charge in [-0.15, -0.1) is 0 Å². The SMILES string of the molecule is CC(C)CNCc1nccn1Cc1cncn1C(C)C. The highest BCUT2D eigenvalue weighted by Gasteiger charge is 2.09. The molecule has 0 aliphatic rings. The third kappa shape index (κ3) is 3.70. The normalized spacial score (nSPS) is 11.7. The first-order valence-electron chi connectivity index (χ1n) is 7.29. The van der Waals surface area contributed by atoms with Gasteiger partial charge in [0.1, 0.15) is 5.82 Å². The Morgan fingerprint density at radius 1 is 1.25 bits per heavy atom. The molecule has 0 fully saturated rings. The Morgan fingerprint density at radius 2 is 2.05 bits per heavy atom. The van der Waals surface area contributed by atoms with Crippen molar-refractivity contribution in [2.75, 3.05) is 6.54 Å². The van der Waals surface area contributed by atoms with E-state index in [1.165, 1.54) is 5.69 Å². The fourth-order valence-corrected chi connectivity index (χ4v) is 2.22. The van der Waals surface area contributed by atoms with Gasteiger partial charge in [0.05, 0.1) is 25.1 Å². The lowest BCUT2D eigenvalue weighted by Crippen LogP contribution is -2.22. The van der Waals surface area contributed by atoms with Crippen LogP contribution in [0.5, 0.6) is 0 Å². The van der Waals surface area contributed by atoms with Crippen LogP contribution in [0.15, 0.2) is 24.9 Å². The van der Waals surface area contributed by atoms with Crippen LogP contribution in [0.2, 0.25) is 0 Å². The summed E-state index contributed by atoms with van der Waals surface area (Å²) in [6, 6.07) is 0.429. The summed E-state index contributed by atoms with van der Waals surface area (Å²) in [7, 11) is 0. The maximum Gasteiger partial charge on any atom is 0.123 e. The minimum Gasteiger partial charge on any atom is -0.330 e. The van der Waals surface area contributed by atoms with Gasteiger partial charge in [0.2, 0.25) is 0 Å². The van der Waals surface area contributed by atoms with Crippen molar-refractivity contribution in [3.05, 3.63) is 36.4 Å². The third-order valence-corrected chi connectivity index (χ3v) is 3.27. The van der Waals surface area contributed by atoms with Crippen LogP contribution in [0.3, 0.4) is 0 Å². The van der Waals surface area contributed by atoms with E-state index in [0.29, 0.717) is 12.0 Å². The van der Waals surface area contributed by atoms with Crippen LogP contribution < -0.4 is 5.32 Å². The Balaban J connectivity index is 2.03. The van der Waals surface area contributed by atoms with E-state index < -0.39 is 0 Å². The highest BCUT2D eigenvalue weighted by atomic mass is 15.1. The average Bonchev–Trinajstić information content (AvgIpc) is 2.99. The maximum atomic E-state index is 4.44. The standard InChI is InChI=1S/C15H25N5/c1-12(2)7-16-9-15-18-5-6-19(15)10-14-8-17-11-20(14)13(3)4/h5-6,8,11-13,16H,7,9-10H2,1-4H3. The topological polar surface area (TPSA) is 47.7 Å². The second kappa shape index (κ2) is 6.70. The molecule has 0 saturated carbocycles. The van der Waals surface area contributed by atoms with Gasteiger partial charge < -0.3 is 14.5 Å². The molecule has 0 unspecified atom stereocenters. The van der Waals surface area contributed by atoms with Gasteiger partial charge in [0.25, 0.3) is 0 Å². The predicted octanol–water partition coefficient (Wildman–Crippen LogP) is 2.45. The molecule has 2 rings (SSSR count). The Morgan fingerprint density at radius 3 is 2.75 bits per heavy atom. The fraction of sp³-hybridized carbons (Fsp3) is 0.600. The van der Waals surface area contributed by atoms with E-state index in [9.17, 15) is 0 Å². The van der Waals surface area contributed by atoms with E-state index in [2.05, 4.69) is 52.1 Å². The van der Waals surface area contributed by atoms with Gasteiger partial charge in [-0.25, -0.2) is 9.97 Å². The van der Waals surface area contributed by atoms with Crippen LogP contribution in [0, 0.1) is 5.92 Å². The molecular formula is C15H25N5. The average molecular weight is 275 g/mol. The molecule has 5 heteroatoms. The lowest BCUT2D eigenvalue weighted by atomic mass is 10.2. The van der Waals surface area contributed by atoms with Crippen molar-refractivity contribution in [3.8, 4) is 0 Å². The van der Waals surface area contributed by atoms with Crippen molar-refractivity contribution < 1.29 is 0 Å². The molecule has 2 heterocycles. The lowest BCUT2D eigenvalue weighted by Gasteiger charge is -2.14. The first-order valence-corrected chi connectivity index (χ1v) is 7.29. The van der Waals surface area contributed by atoms with Gasteiger partial charge in [-0.2, -0.15) is 0 Å². The van der Waals surface area contributed by atoms with Crippen molar-refractivity contribution in [1.82, 2.24) is 24.4 Å². The minimum atomic E-state index is 0.429. The highest BCUT2D eigenvalue weighted by molar-refractivity contribution is 5.04. The summed E-state index contributed by atoms with van der Waals surface area (Å²) >= 11 is 0. The molecule has 0 aliphatic heterocycles. The van der Waals surface area contributed by atoms with Crippen LogP contribution >= 0.6 is 0 Å². The summed E-state index contributed by atoms with van der Waals surface area (Å²) < 4.78 is 4.38. The summed E-state index contributed by atoms with van der Waals surface area (Å²) in [5, 5.41) is 3.44. The summed E-state index contributed by atoms with van der Waals surface area (Å²) in [5.41, 5.74) is 1.21. The second-order valence-corrected chi connectivity index (χ2v) is 5.88. The van der Waals surface area contributed by atoms with E-state index in [0.717, 1.165) is 25.5 Å². The monoisotopic (exact) mass is 275 g/mol. The number of hydrogen-bond donors (Lipinski definition) is 1. The number of aromatic nitrogens is 4. The van der Waals surface area contributed by atoms with Crippen molar-refractivity contribution >= 4 is 0 Å². The summed E-state index contributed by atoms with van der Waals surface area (Å²) in [4.78, 5) is 8.69. The zero-order valence-corrected chi connectivity index (χ0v) is 12.9. The maximum absolute atomic E-state index is 4.44. The molecule has 0 spiro atoms. The molecule has 2 aromatic rings. The van der Waals surface area contributed by atoms with Crippen LogP contribution in [0.4, 0.5) is 0 Å². The van der Waals surface area contributed by atoms with Crippen LogP contribution in [-0.2, 0) is 13.1 Å². The molecular weight excluding hydrogens is 250 g/mol. The van der Waals surface area contributed by atoms with Crippen molar-refractivity contribution in [1.29, 1.82) is 0 Å². The number of rotatable bonds is 7. The molecule has 110 valence electrons. The van der Waals surface area contributed by atoms with Crippen molar-refractivity contribution in [3.63, 3.8) is 0 Å².